The first-order valence-corrected chi connectivity index (χ1v) is 9.97. The van der Waals surface area contributed by atoms with Gasteiger partial charge in [0.05, 0.1) is 5.69 Å². The summed E-state index contributed by atoms with van der Waals surface area (Å²) in [6.07, 6.45) is 4.40. The molecule has 2 heteroatoms. The Morgan fingerprint density at radius 2 is 1.41 bits per heavy atom. The Morgan fingerprint density at radius 1 is 0.741 bits per heavy atom. The highest BCUT2D eigenvalue weighted by Crippen LogP contribution is 2.37. The molecule has 3 aromatic carbocycles. The summed E-state index contributed by atoms with van der Waals surface area (Å²) in [5.41, 5.74) is 7.16. The van der Waals surface area contributed by atoms with Crippen LogP contribution in [0, 0.1) is 6.92 Å². The van der Waals surface area contributed by atoms with Crippen molar-refractivity contribution in [3.63, 3.8) is 0 Å². The summed E-state index contributed by atoms with van der Waals surface area (Å²) in [5.74, 6) is 0. The van der Waals surface area contributed by atoms with Crippen LogP contribution in [0.5, 0.6) is 0 Å². The Bertz CT molecular complexity index is 979. The van der Waals surface area contributed by atoms with Gasteiger partial charge in [-0.15, -0.1) is 0 Å². The first kappa shape index (κ1) is 17.3. The highest BCUT2D eigenvalue weighted by Gasteiger charge is 2.14. The first-order valence-electron chi connectivity index (χ1n) is 9.02. The topological polar surface area (TPSA) is 3.24 Å². The van der Waals surface area contributed by atoms with Crippen molar-refractivity contribution in [3.8, 4) is 0 Å². The van der Waals surface area contributed by atoms with Crippen LogP contribution in [0.3, 0.4) is 0 Å². The van der Waals surface area contributed by atoms with E-state index in [4.69, 9.17) is 0 Å². The summed E-state index contributed by atoms with van der Waals surface area (Å²) in [7, 11) is 0. The van der Waals surface area contributed by atoms with Crippen LogP contribution < -0.4 is 4.90 Å². The predicted molar refractivity (Wildman–Crippen MR) is 119 cm³/mol. The quantitative estimate of drug-likeness (QED) is 0.349. The molecule has 0 saturated heterocycles. The van der Waals surface area contributed by atoms with Gasteiger partial charge in [-0.2, -0.15) is 11.3 Å². The number of nitrogens with zero attached hydrogens (tertiary/aromatic N) is 1. The van der Waals surface area contributed by atoms with Gasteiger partial charge in [0.1, 0.15) is 0 Å². The van der Waals surface area contributed by atoms with E-state index in [-0.39, 0.29) is 0 Å². The number of thiophene rings is 1. The lowest BCUT2D eigenvalue weighted by Crippen LogP contribution is -2.11. The largest absolute Gasteiger partial charge is 0.310 e. The molecule has 0 aliphatic rings. The monoisotopic (exact) mass is 367 g/mol. The van der Waals surface area contributed by atoms with Gasteiger partial charge in [0.15, 0.2) is 0 Å². The SMILES string of the molecule is Cc1ccc(N(c2ccccc2)c2ccccc2)c(C=Cc2ccsc2)c1. The van der Waals surface area contributed by atoms with Gasteiger partial charge in [-0.25, -0.2) is 0 Å². The summed E-state index contributed by atoms with van der Waals surface area (Å²) in [5, 5.41) is 4.27. The second-order valence-electron chi connectivity index (χ2n) is 6.46. The predicted octanol–water partition coefficient (Wildman–Crippen LogP) is 7.70. The Labute approximate surface area is 164 Å². The molecule has 0 bridgehead atoms. The maximum Gasteiger partial charge on any atom is 0.0534 e. The summed E-state index contributed by atoms with van der Waals surface area (Å²) in [6, 6.07) is 29.8. The maximum absolute atomic E-state index is 2.31. The minimum Gasteiger partial charge on any atom is -0.310 e. The second-order valence-corrected chi connectivity index (χ2v) is 7.24. The zero-order valence-corrected chi connectivity index (χ0v) is 16.1. The van der Waals surface area contributed by atoms with E-state index < -0.39 is 0 Å². The molecule has 0 aliphatic carbocycles. The van der Waals surface area contributed by atoms with E-state index in [1.807, 2.05) is 0 Å². The molecule has 0 radical (unpaired) electrons. The molecule has 27 heavy (non-hydrogen) atoms. The van der Waals surface area contributed by atoms with Crippen LogP contribution >= 0.6 is 11.3 Å². The van der Waals surface area contributed by atoms with Gasteiger partial charge in [0.2, 0.25) is 0 Å². The Balaban J connectivity index is 1.85. The second kappa shape index (κ2) is 8.07. The van der Waals surface area contributed by atoms with Gasteiger partial charge in [0, 0.05) is 11.4 Å². The van der Waals surface area contributed by atoms with Crippen LogP contribution in [-0.2, 0) is 0 Å². The zero-order valence-electron chi connectivity index (χ0n) is 15.2. The van der Waals surface area contributed by atoms with Gasteiger partial charge >= 0.3 is 0 Å². The van der Waals surface area contributed by atoms with E-state index in [9.17, 15) is 0 Å². The summed E-state index contributed by atoms with van der Waals surface area (Å²) >= 11 is 1.72. The lowest BCUT2D eigenvalue weighted by atomic mass is 10.1. The molecule has 4 rings (SSSR count). The van der Waals surface area contributed by atoms with E-state index >= 15 is 0 Å². The molecule has 0 aliphatic heterocycles. The zero-order chi connectivity index (χ0) is 18.5. The molecule has 0 unspecified atom stereocenters. The first-order chi connectivity index (χ1) is 13.3. The molecule has 0 saturated carbocycles. The van der Waals surface area contributed by atoms with Gasteiger partial charge in [0.25, 0.3) is 0 Å². The minimum atomic E-state index is 1.15. The van der Waals surface area contributed by atoms with Crippen LogP contribution in [0.2, 0.25) is 0 Å². The molecular formula is C25H21NS. The van der Waals surface area contributed by atoms with Crippen molar-refractivity contribution >= 4 is 40.6 Å². The van der Waals surface area contributed by atoms with Crippen molar-refractivity contribution < 1.29 is 0 Å². The lowest BCUT2D eigenvalue weighted by Gasteiger charge is -2.27. The fourth-order valence-corrected chi connectivity index (χ4v) is 3.78. The van der Waals surface area contributed by atoms with Crippen molar-refractivity contribution in [2.75, 3.05) is 4.90 Å². The van der Waals surface area contributed by atoms with Gasteiger partial charge in [-0.1, -0.05) is 60.2 Å². The van der Waals surface area contributed by atoms with Crippen molar-refractivity contribution in [2.24, 2.45) is 0 Å². The Kier molecular flexibility index (Phi) is 5.17. The smallest absolute Gasteiger partial charge is 0.0534 e. The fourth-order valence-electron chi connectivity index (χ4n) is 3.15. The van der Waals surface area contributed by atoms with E-state index in [1.165, 1.54) is 22.4 Å². The summed E-state index contributed by atoms with van der Waals surface area (Å²) in [6.45, 7) is 2.14. The van der Waals surface area contributed by atoms with E-state index in [1.54, 1.807) is 11.3 Å². The molecule has 4 aromatic rings. The van der Waals surface area contributed by atoms with Crippen LogP contribution in [0.15, 0.2) is 95.7 Å². The Morgan fingerprint density at radius 3 is 2.00 bits per heavy atom. The molecule has 0 fully saturated rings. The number of anilines is 3. The number of rotatable bonds is 5. The normalized spacial score (nSPS) is 11.0. The van der Waals surface area contributed by atoms with Gasteiger partial charge in [-0.05, 0) is 71.3 Å². The average Bonchev–Trinajstić information content (AvgIpc) is 3.23. The molecule has 0 spiro atoms. The summed E-state index contributed by atoms with van der Waals surface area (Å²) in [4.78, 5) is 2.31. The highest BCUT2D eigenvalue weighted by atomic mass is 32.1. The van der Waals surface area contributed by atoms with Gasteiger partial charge in [-0.3, -0.25) is 0 Å². The van der Waals surface area contributed by atoms with Crippen molar-refractivity contribution in [3.05, 3.63) is 112 Å². The highest BCUT2D eigenvalue weighted by molar-refractivity contribution is 7.08. The Hall–Kier alpha value is -3.10. The van der Waals surface area contributed by atoms with Crippen LogP contribution in [0.25, 0.3) is 12.2 Å². The summed E-state index contributed by atoms with van der Waals surface area (Å²) < 4.78 is 0. The molecule has 132 valence electrons. The van der Waals surface area contributed by atoms with E-state index in [0.717, 1.165) is 11.4 Å². The number of benzene rings is 3. The van der Waals surface area contributed by atoms with Crippen molar-refractivity contribution in [2.45, 2.75) is 6.92 Å². The molecule has 1 nitrogen and oxygen atoms in total. The third kappa shape index (κ3) is 4.02. The third-order valence-electron chi connectivity index (χ3n) is 4.45. The molecule has 0 amide bonds. The van der Waals surface area contributed by atoms with Crippen LogP contribution in [-0.4, -0.2) is 0 Å². The van der Waals surface area contributed by atoms with E-state index in [2.05, 4.69) is 120 Å². The number of para-hydroxylation sites is 2. The van der Waals surface area contributed by atoms with Crippen LogP contribution in [0.1, 0.15) is 16.7 Å². The van der Waals surface area contributed by atoms with Crippen molar-refractivity contribution in [1.82, 2.24) is 0 Å². The molecule has 1 aromatic heterocycles. The number of aryl methyl sites for hydroxylation is 1. The average molecular weight is 368 g/mol. The van der Waals surface area contributed by atoms with Crippen LogP contribution in [0.4, 0.5) is 17.1 Å². The molecular weight excluding hydrogens is 346 g/mol. The number of hydrogen-bond donors (Lipinski definition) is 0. The van der Waals surface area contributed by atoms with E-state index in [0.29, 0.717) is 0 Å². The standard InChI is InChI=1S/C25H21NS/c1-20-12-15-25(22(18-20)14-13-21-16-17-27-19-21)26(23-8-4-2-5-9-23)24-10-6-3-7-11-24/h2-19H,1H3. The third-order valence-corrected chi connectivity index (χ3v) is 5.15. The van der Waals surface area contributed by atoms with Gasteiger partial charge < -0.3 is 4.90 Å². The lowest BCUT2D eigenvalue weighted by molar-refractivity contribution is 1.27. The molecule has 1 heterocycles. The molecule has 0 atom stereocenters. The minimum absolute atomic E-state index is 1.15. The fraction of sp³-hybridized carbons (Fsp3) is 0.0400. The molecule has 0 N–H and O–H groups in total. The maximum atomic E-state index is 2.31. The number of hydrogen-bond acceptors (Lipinski definition) is 2. The van der Waals surface area contributed by atoms with Crippen molar-refractivity contribution in [1.29, 1.82) is 0 Å².